The molecule has 0 saturated carbocycles. The molecule has 0 rings (SSSR count). The van der Waals surface area contributed by atoms with Crippen LogP contribution in [-0.4, -0.2) is 5.97 Å². The molecule has 0 radical (unpaired) electrons. The standard InChI is InChI=1S/C2H4FNO2/c1-2(5)6-4-3/h4H,1H3. The third-order valence-corrected chi connectivity index (χ3v) is 0.182. The van der Waals surface area contributed by atoms with Crippen LogP contribution < -0.4 is 5.70 Å². The predicted molar refractivity (Wildman–Crippen MR) is 16.0 cm³/mol. The molecule has 0 aromatic carbocycles. The van der Waals surface area contributed by atoms with Gasteiger partial charge in [0.25, 0.3) is 0 Å². The van der Waals surface area contributed by atoms with E-state index in [9.17, 15) is 9.28 Å². The molecule has 0 aliphatic carbocycles. The Balaban J connectivity index is 2.83. The summed E-state index contributed by atoms with van der Waals surface area (Å²) in [5.41, 5.74) is 0.718. The average Bonchev–Trinajstić information content (AvgIpc) is 1.35. The molecule has 0 unspecified atom stereocenters. The van der Waals surface area contributed by atoms with Gasteiger partial charge in [-0.15, -0.1) is 0 Å². The van der Waals surface area contributed by atoms with Gasteiger partial charge in [-0.05, 0) is 0 Å². The van der Waals surface area contributed by atoms with Gasteiger partial charge in [0.05, 0.1) is 0 Å². The molecule has 4 heteroatoms. The SMILES string of the molecule is CC(=O)ONF. The molecule has 6 heavy (non-hydrogen) atoms. The molecule has 0 amide bonds. The van der Waals surface area contributed by atoms with Crippen molar-refractivity contribution >= 4 is 5.97 Å². The van der Waals surface area contributed by atoms with Gasteiger partial charge in [0.15, 0.2) is 0 Å². The maximum Gasteiger partial charge on any atom is 0.325 e. The third kappa shape index (κ3) is 3.36. The van der Waals surface area contributed by atoms with Crippen LogP contribution in [0.4, 0.5) is 4.48 Å². The average molecular weight is 93.1 g/mol. The Morgan fingerprint density at radius 1 is 2.00 bits per heavy atom. The van der Waals surface area contributed by atoms with Crippen molar-refractivity contribution in [1.82, 2.24) is 5.70 Å². The number of rotatable bonds is 1. The molecule has 0 aliphatic heterocycles. The molecule has 0 fully saturated rings. The largest absolute Gasteiger partial charge is 0.341 e. The molecule has 1 N–H and O–H groups in total. The molecule has 0 heterocycles. The fraction of sp³-hybridized carbons (Fsp3) is 0.500. The van der Waals surface area contributed by atoms with Crippen LogP contribution in [0, 0.1) is 0 Å². The first-order chi connectivity index (χ1) is 2.77. The van der Waals surface area contributed by atoms with Crippen LogP contribution in [0.5, 0.6) is 0 Å². The molecule has 0 aromatic heterocycles. The maximum atomic E-state index is 10.6. The lowest BCUT2D eigenvalue weighted by molar-refractivity contribution is -0.159. The Hall–Kier alpha value is -0.640. The van der Waals surface area contributed by atoms with Gasteiger partial charge < -0.3 is 4.84 Å². The van der Waals surface area contributed by atoms with E-state index in [1.807, 2.05) is 0 Å². The van der Waals surface area contributed by atoms with Crippen LogP contribution in [0.2, 0.25) is 0 Å². The number of hydrogen-bond donors (Lipinski definition) is 1. The second-order valence-corrected chi connectivity index (χ2v) is 0.671. The molecule has 0 atom stereocenters. The second-order valence-electron chi connectivity index (χ2n) is 0.671. The summed E-state index contributed by atoms with van der Waals surface area (Å²) in [6.45, 7) is 1.09. The lowest BCUT2D eigenvalue weighted by atomic mass is 10.8. The number of halogens is 1. The lowest BCUT2D eigenvalue weighted by Crippen LogP contribution is -2.06. The van der Waals surface area contributed by atoms with E-state index in [1.165, 1.54) is 0 Å². The topological polar surface area (TPSA) is 38.3 Å². The fourth-order valence-electron chi connectivity index (χ4n) is 0.0543. The number of carbonyl (C=O) groups excluding carboxylic acids is 1. The van der Waals surface area contributed by atoms with Gasteiger partial charge in [-0.3, -0.25) is 4.79 Å². The number of hydrogen-bond acceptors (Lipinski definition) is 3. The zero-order valence-electron chi connectivity index (χ0n) is 3.19. The lowest BCUT2D eigenvalue weighted by Gasteiger charge is -1.85. The first-order valence-electron chi connectivity index (χ1n) is 1.30. The Morgan fingerprint density at radius 3 is 2.50 bits per heavy atom. The number of carbonyl (C=O) groups is 1. The van der Waals surface area contributed by atoms with Gasteiger partial charge in [-0.2, -0.15) is 0 Å². The second kappa shape index (κ2) is 2.59. The molecule has 0 spiro atoms. The highest BCUT2D eigenvalue weighted by atomic mass is 19.2. The highest BCUT2D eigenvalue weighted by Gasteiger charge is 1.84. The Bertz CT molecular complexity index is 55.5. The monoisotopic (exact) mass is 93.0 g/mol. The zero-order chi connectivity index (χ0) is 4.99. The fourth-order valence-corrected chi connectivity index (χ4v) is 0.0543. The molecular weight excluding hydrogens is 89.0 g/mol. The van der Waals surface area contributed by atoms with Crippen molar-refractivity contribution in [1.29, 1.82) is 0 Å². The third-order valence-electron chi connectivity index (χ3n) is 0.182. The normalized spacial score (nSPS) is 7.67. The highest BCUT2D eigenvalue weighted by Crippen LogP contribution is 1.64. The smallest absolute Gasteiger partial charge is 0.325 e. The van der Waals surface area contributed by atoms with E-state index in [0.717, 1.165) is 12.6 Å². The Labute approximate surface area is 34.0 Å². The summed E-state index contributed by atoms with van der Waals surface area (Å²) >= 11 is 0. The molecule has 36 valence electrons. The van der Waals surface area contributed by atoms with Gasteiger partial charge >= 0.3 is 5.97 Å². The van der Waals surface area contributed by atoms with Crippen molar-refractivity contribution in [2.24, 2.45) is 0 Å². The molecular formula is C2H4FNO2. The van der Waals surface area contributed by atoms with Crippen LogP contribution in [0.25, 0.3) is 0 Å². The quantitative estimate of drug-likeness (QED) is 0.364. The molecule has 0 aromatic rings. The first-order valence-corrected chi connectivity index (χ1v) is 1.30. The Kier molecular flexibility index (Phi) is 2.31. The molecule has 0 saturated heterocycles. The van der Waals surface area contributed by atoms with E-state index < -0.39 is 5.97 Å². The van der Waals surface area contributed by atoms with Crippen molar-refractivity contribution in [3.05, 3.63) is 0 Å². The van der Waals surface area contributed by atoms with Crippen molar-refractivity contribution in [2.45, 2.75) is 6.92 Å². The van der Waals surface area contributed by atoms with Gasteiger partial charge in [-0.1, -0.05) is 4.48 Å². The minimum absolute atomic E-state index is 0.697. The summed E-state index contributed by atoms with van der Waals surface area (Å²) in [6.07, 6.45) is 0. The van der Waals surface area contributed by atoms with Gasteiger partial charge in [0.1, 0.15) is 0 Å². The van der Waals surface area contributed by atoms with Crippen LogP contribution in [0.1, 0.15) is 6.92 Å². The van der Waals surface area contributed by atoms with Gasteiger partial charge in [-0.25, -0.2) is 0 Å². The first kappa shape index (κ1) is 5.36. The van der Waals surface area contributed by atoms with Crippen LogP contribution >= 0.6 is 0 Å². The summed E-state index contributed by atoms with van der Waals surface area (Å²) in [5.74, 6) is -0.697. The number of nitrogens with one attached hydrogen (secondary N) is 1. The van der Waals surface area contributed by atoms with E-state index in [4.69, 9.17) is 0 Å². The summed E-state index contributed by atoms with van der Waals surface area (Å²) in [4.78, 5) is 13.0. The maximum absolute atomic E-state index is 10.6. The summed E-state index contributed by atoms with van der Waals surface area (Å²) < 4.78 is 10.6. The van der Waals surface area contributed by atoms with Crippen molar-refractivity contribution in [3.63, 3.8) is 0 Å². The molecule has 0 aliphatic rings. The zero-order valence-corrected chi connectivity index (χ0v) is 3.19. The van der Waals surface area contributed by atoms with E-state index in [0.29, 0.717) is 0 Å². The van der Waals surface area contributed by atoms with E-state index in [1.54, 1.807) is 0 Å². The van der Waals surface area contributed by atoms with Crippen molar-refractivity contribution < 1.29 is 14.1 Å². The predicted octanol–water partition coefficient (Wildman–Crippen LogP) is -0.0614. The van der Waals surface area contributed by atoms with E-state index >= 15 is 0 Å². The summed E-state index contributed by atoms with van der Waals surface area (Å²) in [7, 11) is 0. The summed E-state index contributed by atoms with van der Waals surface area (Å²) in [5, 5.41) is 0. The van der Waals surface area contributed by atoms with Crippen LogP contribution in [-0.2, 0) is 9.63 Å². The van der Waals surface area contributed by atoms with Gasteiger partial charge in [0.2, 0.25) is 0 Å². The van der Waals surface area contributed by atoms with E-state index in [2.05, 4.69) is 4.84 Å². The minimum atomic E-state index is -0.697. The molecule has 3 nitrogen and oxygen atoms in total. The van der Waals surface area contributed by atoms with Gasteiger partial charge in [0, 0.05) is 12.6 Å². The molecule has 0 bridgehead atoms. The Morgan fingerprint density at radius 2 is 2.50 bits per heavy atom. The van der Waals surface area contributed by atoms with Crippen molar-refractivity contribution in [3.8, 4) is 0 Å². The van der Waals surface area contributed by atoms with Crippen molar-refractivity contribution in [2.75, 3.05) is 0 Å². The minimum Gasteiger partial charge on any atom is -0.341 e. The van der Waals surface area contributed by atoms with Crippen LogP contribution in [0.3, 0.4) is 0 Å². The van der Waals surface area contributed by atoms with Crippen LogP contribution in [0.15, 0.2) is 0 Å². The summed E-state index contributed by atoms with van der Waals surface area (Å²) in [6, 6.07) is 0. The van der Waals surface area contributed by atoms with E-state index in [-0.39, 0.29) is 0 Å². The highest BCUT2D eigenvalue weighted by molar-refractivity contribution is 5.65.